The third-order valence-electron chi connectivity index (χ3n) is 0.464. The molecule has 0 aromatic carbocycles. The molecule has 36 valence electrons. The second-order valence-electron chi connectivity index (χ2n) is 1.14. The Balaban J connectivity index is 2.83. The first-order chi connectivity index (χ1) is 2.77. The Bertz CT molecular complexity index is 49.5. The Morgan fingerprint density at radius 3 is 2.33 bits per heavy atom. The summed E-state index contributed by atoms with van der Waals surface area (Å²) in [6.45, 7) is 1.84. The van der Waals surface area contributed by atoms with Crippen LogP contribution in [0.3, 0.4) is 0 Å². The van der Waals surface area contributed by atoms with Gasteiger partial charge in [0.1, 0.15) is 0 Å². The fourth-order valence-corrected chi connectivity index (χ4v) is 0.214. The molecule has 0 rings (SSSR count). The Morgan fingerprint density at radius 2 is 2.33 bits per heavy atom. The highest BCUT2D eigenvalue weighted by molar-refractivity contribution is 5.66. The average molecular weight is 90.1 g/mol. The molecule has 0 heterocycles. The lowest BCUT2D eigenvalue weighted by molar-refractivity contribution is -0.137. The monoisotopic (exact) mass is 90.1 g/mol. The predicted octanol–water partition coefficient (Wildman–Crippen LogP) is 0.871. The van der Waals surface area contributed by atoms with Gasteiger partial charge in [-0.2, -0.15) is 0 Å². The molecule has 0 fully saturated rings. The molecule has 0 saturated heterocycles. The second-order valence-corrected chi connectivity index (χ2v) is 1.14. The van der Waals surface area contributed by atoms with Crippen LogP contribution in [-0.4, -0.2) is 11.1 Å². The van der Waals surface area contributed by atoms with Gasteiger partial charge in [0, 0.05) is 6.42 Å². The zero-order valence-electron chi connectivity index (χ0n) is 3.77. The van der Waals surface area contributed by atoms with Crippen molar-refractivity contribution in [2.24, 2.45) is 0 Å². The topological polar surface area (TPSA) is 37.3 Å². The first-order valence-electron chi connectivity index (χ1n) is 1.99. The molecule has 0 aromatic rings. The lowest BCUT2D eigenvalue weighted by Crippen LogP contribution is -1.90. The third kappa shape index (κ3) is 3.47. The minimum absolute atomic E-state index is 0.292. The molecule has 2 heteroatoms. The summed E-state index contributed by atoms with van der Waals surface area (Å²) in [7, 11) is 0. The average Bonchev–Trinajstić information content (AvgIpc) is 1.35. The van der Waals surface area contributed by atoms with Crippen LogP contribution in [0.25, 0.3) is 0 Å². The first-order valence-corrected chi connectivity index (χ1v) is 1.99. The second kappa shape index (κ2) is 2.69. The van der Waals surface area contributed by atoms with E-state index in [2.05, 4.69) is 0 Å². The molecule has 0 bridgehead atoms. The molecule has 0 radical (unpaired) electrons. The minimum atomic E-state index is -0.711. The van der Waals surface area contributed by atoms with Crippen molar-refractivity contribution < 1.29 is 9.90 Å². The van der Waals surface area contributed by atoms with Crippen molar-refractivity contribution in [2.45, 2.75) is 19.8 Å². The SMILES string of the molecule is CCC[14C](=O)O. The minimum Gasteiger partial charge on any atom is -0.481 e. The standard InChI is InChI=1S/C4H8O2/c1-2-3-4(5)6/h2-3H2,1H3,(H,5,6)/i4+2. The first kappa shape index (κ1) is 5.47. The molecule has 0 atom stereocenters. The fourth-order valence-electron chi connectivity index (χ4n) is 0.214. The van der Waals surface area contributed by atoms with Crippen LogP contribution in [0.2, 0.25) is 0 Å². The van der Waals surface area contributed by atoms with Gasteiger partial charge in [0.05, 0.1) is 0 Å². The largest absolute Gasteiger partial charge is 0.481 e. The summed E-state index contributed by atoms with van der Waals surface area (Å²) in [5.41, 5.74) is 0. The van der Waals surface area contributed by atoms with Gasteiger partial charge in [-0.15, -0.1) is 0 Å². The molecular formula is C4H8O2. The molecule has 0 amide bonds. The molecule has 0 aliphatic rings. The molecule has 1 N–H and O–H groups in total. The number of carboxylic acid groups (broad SMARTS) is 1. The predicted molar refractivity (Wildman–Crippen MR) is 22.5 cm³/mol. The number of hydrogen-bond acceptors (Lipinski definition) is 1. The smallest absolute Gasteiger partial charge is 0.303 e. The number of rotatable bonds is 2. The van der Waals surface area contributed by atoms with Crippen LogP contribution >= 0.6 is 0 Å². The highest BCUT2D eigenvalue weighted by Gasteiger charge is 1.87. The van der Waals surface area contributed by atoms with Gasteiger partial charge in [-0.25, -0.2) is 0 Å². The van der Waals surface area contributed by atoms with Crippen molar-refractivity contribution in [1.29, 1.82) is 0 Å². The van der Waals surface area contributed by atoms with E-state index in [-0.39, 0.29) is 0 Å². The summed E-state index contributed by atoms with van der Waals surface area (Å²) in [4.78, 5) is 9.60. The van der Waals surface area contributed by atoms with Gasteiger partial charge in [-0.3, -0.25) is 4.79 Å². The summed E-state index contributed by atoms with van der Waals surface area (Å²) >= 11 is 0. The maximum atomic E-state index is 9.60. The molecule has 6 heavy (non-hydrogen) atoms. The molecule has 0 aliphatic carbocycles. The van der Waals surface area contributed by atoms with Crippen molar-refractivity contribution >= 4 is 5.97 Å². The van der Waals surface area contributed by atoms with Crippen molar-refractivity contribution in [2.75, 3.05) is 0 Å². The highest BCUT2D eigenvalue weighted by atomic mass is 16.6. The van der Waals surface area contributed by atoms with Crippen LogP contribution in [0.1, 0.15) is 19.8 Å². The highest BCUT2D eigenvalue weighted by Crippen LogP contribution is 1.82. The van der Waals surface area contributed by atoms with Gasteiger partial charge in [0.2, 0.25) is 0 Å². The summed E-state index contributed by atoms with van der Waals surface area (Å²) in [6, 6.07) is 0. The van der Waals surface area contributed by atoms with Crippen LogP contribution in [0.4, 0.5) is 0 Å². The Morgan fingerprint density at radius 1 is 1.83 bits per heavy atom. The van der Waals surface area contributed by atoms with Crippen molar-refractivity contribution in [3.05, 3.63) is 0 Å². The van der Waals surface area contributed by atoms with Crippen molar-refractivity contribution in [3.63, 3.8) is 0 Å². The van der Waals surface area contributed by atoms with Crippen LogP contribution in [0.5, 0.6) is 0 Å². The fraction of sp³-hybridized carbons (Fsp3) is 0.750. The van der Waals surface area contributed by atoms with Gasteiger partial charge in [0.25, 0.3) is 0 Å². The molecule has 2 nitrogen and oxygen atoms in total. The Kier molecular flexibility index (Phi) is 2.46. The molecule has 0 saturated carbocycles. The molecule has 0 aromatic heterocycles. The summed E-state index contributed by atoms with van der Waals surface area (Å²) in [5.74, 6) is -0.711. The summed E-state index contributed by atoms with van der Waals surface area (Å²) in [5, 5.41) is 7.91. The lowest BCUT2D eigenvalue weighted by Gasteiger charge is -1.79. The van der Waals surface area contributed by atoms with E-state index in [0.29, 0.717) is 6.42 Å². The van der Waals surface area contributed by atoms with Gasteiger partial charge >= 0.3 is 5.97 Å². The summed E-state index contributed by atoms with van der Waals surface area (Å²) < 4.78 is 0. The van der Waals surface area contributed by atoms with E-state index in [9.17, 15) is 4.79 Å². The zero-order valence-corrected chi connectivity index (χ0v) is 3.77. The van der Waals surface area contributed by atoms with Crippen LogP contribution in [-0.2, 0) is 4.79 Å². The number of hydrogen-bond donors (Lipinski definition) is 1. The molecular weight excluding hydrogens is 82.0 g/mol. The maximum absolute atomic E-state index is 9.60. The lowest BCUT2D eigenvalue weighted by atomic mass is 10.5. The third-order valence-corrected chi connectivity index (χ3v) is 0.464. The summed E-state index contributed by atoms with van der Waals surface area (Å²) in [6.07, 6.45) is 1.02. The van der Waals surface area contributed by atoms with E-state index in [1.54, 1.807) is 0 Å². The van der Waals surface area contributed by atoms with E-state index in [4.69, 9.17) is 5.11 Å². The van der Waals surface area contributed by atoms with Crippen molar-refractivity contribution in [1.82, 2.24) is 0 Å². The van der Waals surface area contributed by atoms with Gasteiger partial charge in [-0.05, 0) is 6.42 Å². The Hall–Kier alpha value is -0.530. The van der Waals surface area contributed by atoms with Crippen LogP contribution in [0.15, 0.2) is 0 Å². The van der Waals surface area contributed by atoms with Gasteiger partial charge < -0.3 is 5.11 Å². The number of carbonyl (C=O) groups is 1. The van der Waals surface area contributed by atoms with E-state index < -0.39 is 5.97 Å². The van der Waals surface area contributed by atoms with E-state index >= 15 is 0 Å². The zero-order chi connectivity index (χ0) is 4.99. The van der Waals surface area contributed by atoms with Gasteiger partial charge in [-0.1, -0.05) is 6.92 Å². The van der Waals surface area contributed by atoms with Crippen molar-refractivity contribution in [3.8, 4) is 0 Å². The van der Waals surface area contributed by atoms with E-state index in [0.717, 1.165) is 6.42 Å². The molecule has 0 unspecified atom stereocenters. The number of aliphatic carboxylic acids is 1. The molecule has 0 aliphatic heterocycles. The molecule has 0 spiro atoms. The van der Waals surface area contributed by atoms with Crippen LogP contribution in [0, 0.1) is 0 Å². The number of carboxylic acids is 1. The Labute approximate surface area is 36.8 Å². The maximum Gasteiger partial charge on any atom is 0.303 e. The van der Waals surface area contributed by atoms with Gasteiger partial charge in [0.15, 0.2) is 0 Å². The quantitative estimate of drug-likeness (QED) is 0.546. The van der Waals surface area contributed by atoms with Crippen LogP contribution < -0.4 is 0 Å². The van der Waals surface area contributed by atoms with E-state index in [1.807, 2.05) is 6.92 Å². The normalized spacial score (nSPS) is 8.17. The van der Waals surface area contributed by atoms with E-state index in [1.165, 1.54) is 0 Å².